The Kier molecular flexibility index (Phi) is 9.51. The van der Waals surface area contributed by atoms with E-state index < -0.39 is 24.0 Å². The molecule has 0 atom stereocenters. The van der Waals surface area contributed by atoms with Crippen LogP contribution in [-0.4, -0.2) is 35.4 Å². The van der Waals surface area contributed by atoms with Crippen LogP contribution < -0.4 is 0 Å². The molecule has 0 aromatic heterocycles. The van der Waals surface area contributed by atoms with Gasteiger partial charge in [0.15, 0.2) is 0 Å². The molecule has 1 saturated carbocycles. The van der Waals surface area contributed by atoms with Crippen molar-refractivity contribution >= 4 is 29.8 Å². The van der Waals surface area contributed by atoms with Crippen molar-refractivity contribution in [3.8, 4) is 0 Å². The van der Waals surface area contributed by atoms with Crippen molar-refractivity contribution in [1.29, 1.82) is 0 Å². The van der Waals surface area contributed by atoms with Crippen molar-refractivity contribution in [2.75, 3.05) is 0 Å². The summed E-state index contributed by atoms with van der Waals surface area (Å²) >= 11 is -0.733. The summed E-state index contributed by atoms with van der Waals surface area (Å²) in [5, 5.41) is 0. The molecule has 2 nitrogen and oxygen atoms in total. The molecule has 112 valence electrons. The third-order valence-corrected chi connectivity index (χ3v) is 7.57. The Morgan fingerprint density at radius 3 is 2.21 bits per heavy atom. The van der Waals surface area contributed by atoms with E-state index in [0.717, 1.165) is 12.8 Å². The van der Waals surface area contributed by atoms with Crippen LogP contribution in [-0.2, 0) is 7.57 Å². The summed E-state index contributed by atoms with van der Waals surface area (Å²) in [6.45, 7) is 3.98. The first-order chi connectivity index (χ1) is 9.21. The second kappa shape index (κ2) is 10.3. The SMILES string of the molecule is CCCCCCCC[CH2][Po][O]C1(C(C)=O)CCCC1. The Morgan fingerprint density at radius 2 is 1.63 bits per heavy atom. The number of Topliss-reactive ketones (excluding diaryl/α,β-unsaturated/α-hetero) is 1. The van der Waals surface area contributed by atoms with Gasteiger partial charge >= 0.3 is 132 Å². The maximum atomic E-state index is 11.7. The van der Waals surface area contributed by atoms with Gasteiger partial charge in [-0.1, -0.05) is 0 Å². The van der Waals surface area contributed by atoms with Crippen molar-refractivity contribution < 1.29 is 7.57 Å². The zero-order valence-corrected chi connectivity index (χ0v) is 15.9. The van der Waals surface area contributed by atoms with Crippen LogP contribution >= 0.6 is 0 Å². The van der Waals surface area contributed by atoms with Crippen LogP contribution in [0.15, 0.2) is 0 Å². The van der Waals surface area contributed by atoms with Gasteiger partial charge in [0.2, 0.25) is 0 Å². The minimum atomic E-state index is -0.733. The van der Waals surface area contributed by atoms with Gasteiger partial charge in [-0.3, -0.25) is 0 Å². The Balaban J connectivity index is 1.99. The molecule has 0 unspecified atom stereocenters. The molecule has 3 heteroatoms. The van der Waals surface area contributed by atoms with E-state index >= 15 is 0 Å². The molecule has 1 aliphatic carbocycles. The van der Waals surface area contributed by atoms with Gasteiger partial charge < -0.3 is 0 Å². The van der Waals surface area contributed by atoms with Crippen molar-refractivity contribution in [3.63, 3.8) is 0 Å². The molecule has 1 rings (SSSR count). The second-order valence-corrected chi connectivity index (χ2v) is 8.94. The molecule has 0 radical (unpaired) electrons. The number of hydrogen-bond acceptors (Lipinski definition) is 2. The third kappa shape index (κ3) is 6.68. The van der Waals surface area contributed by atoms with Gasteiger partial charge in [-0.2, -0.15) is 0 Å². The molecule has 0 bridgehead atoms. The van der Waals surface area contributed by atoms with Crippen LogP contribution in [0, 0.1) is 0 Å². The van der Waals surface area contributed by atoms with Crippen molar-refractivity contribution in [2.45, 2.75) is 94.2 Å². The number of carbonyl (C=O) groups excluding carboxylic acids is 1. The summed E-state index contributed by atoms with van der Waals surface area (Å²) in [6, 6.07) is 0. The predicted octanol–water partition coefficient (Wildman–Crippen LogP) is 4.69. The molecule has 0 aliphatic heterocycles. The number of ketones is 1. The van der Waals surface area contributed by atoms with Crippen molar-refractivity contribution in [3.05, 3.63) is 0 Å². The van der Waals surface area contributed by atoms with Gasteiger partial charge in [-0.25, -0.2) is 0 Å². The molecule has 19 heavy (non-hydrogen) atoms. The first-order valence-corrected chi connectivity index (χ1v) is 11.6. The second-order valence-electron chi connectivity index (χ2n) is 5.78. The molecule has 0 amide bonds. The van der Waals surface area contributed by atoms with Crippen LogP contribution in [0.5, 0.6) is 0 Å². The van der Waals surface area contributed by atoms with Crippen LogP contribution in [0.3, 0.4) is 0 Å². The van der Waals surface area contributed by atoms with Crippen LogP contribution in [0.2, 0.25) is 4.08 Å². The van der Waals surface area contributed by atoms with Crippen LogP contribution in [0.1, 0.15) is 84.5 Å². The van der Waals surface area contributed by atoms with Crippen molar-refractivity contribution in [2.24, 2.45) is 0 Å². The molecule has 0 heterocycles. The number of rotatable bonds is 11. The Labute approximate surface area is 131 Å². The Morgan fingerprint density at radius 1 is 1.05 bits per heavy atom. The number of carbonyl (C=O) groups is 1. The summed E-state index contributed by atoms with van der Waals surface area (Å²) in [5.74, 6) is 0.282. The van der Waals surface area contributed by atoms with Gasteiger partial charge in [-0.05, 0) is 0 Å². The van der Waals surface area contributed by atoms with Gasteiger partial charge in [0.1, 0.15) is 0 Å². The summed E-state index contributed by atoms with van der Waals surface area (Å²) < 4.78 is 7.39. The topological polar surface area (TPSA) is 26.3 Å². The van der Waals surface area contributed by atoms with E-state index in [9.17, 15) is 4.79 Å². The average Bonchev–Trinajstić information content (AvgIpc) is 2.87. The maximum absolute atomic E-state index is 11.7. The zero-order valence-electron chi connectivity index (χ0n) is 12.7. The zero-order chi connectivity index (χ0) is 14.0. The Bertz CT molecular complexity index is 247. The third-order valence-electron chi connectivity index (χ3n) is 4.10. The van der Waals surface area contributed by atoms with E-state index in [0.29, 0.717) is 0 Å². The minimum absolute atomic E-state index is 0.282. The van der Waals surface area contributed by atoms with Crippen LogP contribution in [0.4, 0.5) is 0 Å². The molecule has 1 aliphatic rings. The fourth-order valence-electron chi connectivity index (χ4n) is 2.71. The summed E-state index contributed by atoms with van der Waals surface area (Å²) in [4.78, 5) is 11.7. The predicted molar refractivity (Wildman–Crippen MR) is 81.5 cm³/mol. The Hall–Kier alpha value is 0.526. The molecule has 0 spiro atoms. The number of hydrogen-bond donors (Lipinski definition) is 0. The number of unbranched alkanes of at least 4 members (excludes halogenated alkanes) is 6. The quantitative estimate of drug-likeness (QED) is 0.416. The van der Waals surface area contributed by atoms with E-state index in [2.05, 4.69) is 6.92 Å². The van der Waals surface area contributed by atoms with Crippen molar-refractivity contribution in [1.82, 2.24) is 0 Å². The molecular formula is C16H30O2Po. The first kappa shape index (κ1) is 17.6. The van der Waals surface area contributed by atoms with E-state index in [1.807, 2.05) is 0 Å². The van der Waals surface area contributed by atoms with Gasteiger partial charge in [0.25, 0.3) is 0 Å². The van der Waals surface area contributed by atoms with Gasteiger partial charge in [0.05, 0.1) is 0 Å². The van der Waals surface area contributed by atoms with E-state index in [1.54, 1.807) is 6.92 Å². The fraction of sp³-hybridized carbons (Fsp3) is 0.938. The van der Waals surface area contributed by atoms with Gasteiger partial charge in [-0.15, -0.1) is 0 Å². The van der Waals surface area contributed by atoms with E-state index in [4.69, 9.17) is 2.77 Å². The molecule has 0 aromatic rings. The monoisotopic (exact) mass is 463 g/mol. The standard InChI is InChI=1S/C9H19.C7H11O2.Po/c1-3-5-7-9-8-6-4-2;1-6(8)7(9)4-2-3-5-7;/h1,3-9H2,2H3;2-5H2,1H3;/q;-1;+1. The first-order valence-electron chi connectivity index (χ1n) is 8.03. The van der Waals surface area contributed by atoms with E-state index in [1.165, 1.54) is 61.9 Å². The summed E-state index contributed by atoms with van der Waals surface area (Å²) in [7, 11) is 0. The summed E-state index contributed by atoms with van der Waals surface area (Å²) in [6.07, 6.45) is 13.9. The molecule has 0 N–H and O–H groups in total. The molecule has 0 saturated heterocycles. The normalized spacial score (nSPS) is 17.8. The molecular weight excluding hydrogens is 433 g/mol. The average molecular weight is 463 g/mol. The van der Waals surface area contributed by atoms with Crippen LogP contribution in [0.25, 0.3) is 0 Å². The molecule has 1 fully saturated rings. The molecule has 0 aromatic carbocycles. The van der Waals surface area contributed by atoms with E-state index in [-0.39, 0.29) is 11.4 Å². The fourth-order valence-corrected chi connectivity index (χ4v) is 6.27. The van der Waals surface area contributed by atoms with Gasteiger partial charge in [0, 0.05) is 0 Å². The summed E-state index contributed by atoms with van der Waals surface area (Å²) in [5.41, 5.74) is -0.328.